The summed E-state index contributed by atoms with van der Waals surface area (Å²) < 4.78 is 5.51. The van der Waals surface area contributed by atoms with Crippen molar-refractivity contribution in [2.24, 2.45) is 11.8 Å². The Balaban J connectivity index is 1.18. The summed E-state index contributed by atoms with van der Waals surface area (Å²) in [6, 6.07) is 27.1. The van der Waals surface area contributed by atoms with Crippen LogP contribution in [0.4, 0.5) is 11.4 Å². The first-order valence-corrected chi connectivity index (χ1v) is 15.8. The molecule has 0 aromatic heterocycles. The third kappa shape index (κ3) is 5.45. The fourth-order valence-corrected chi connectivity index (χ4v) is 7.73. The molecular formula is C36H41N3O3. The number of anilines is 2. The number of fused-ring (bicyclic) bond motifs is 2. The number of rotatable bonds is 7. The fourth-order valence-electron chi connectivity index (χ4n) is 7.73. The van der Waals surface area contributed by atoms with Crippen LogP contribution in [0, 0.1) is 11.8 Å². The smallest absolute Gasteiger partial charge is 0.250 e. The molecule has 6 heteroatoms. The lowest BCUT2D eigenvalue weighted by Gasteiger charge is -2.51. The lowest BCUT2D eigenvalue weighted by Crippen LogP contribution is -2.63. The van der Waals surface area contributed by atoms with Gasteiger partial charge in [-0.1, -0.05) is 54.6 Å². The van der Waals surface area contributed by atoms with E-state index in [1.807, 2.05) is 47.4 Å². The number of carbonyl (C=O) groups excluding carboxylic acids is 2. The van der Waals surface area contributed by atoms with Crippen LogP contribution < -0.4 is 10.2 Å². The van der Waals surface area contributed by atoms with Crippen molar-refractivity contribution in [3.63, 3.8) is 0 Å². The van der Waals surface area contributed by atoms with E-state index in [1.54, 1.807) is 0 Å². The molecule has 6 nitrogen and oxygen atoms in total. The summed E-state index contributed by atoms with van der Waals surface area (Å²) in [4.78, 5) is 33.1. The van der Waals surface area contributed by atoms with Crippen LogP contribution in [0.5, 0.6) is 0 Å². The Morgan fingerprint density at radius 2 is 1.50 bits per heavy atom. The number of nitrogens with zero attached hydrogens (tertiary/aromatic N) is 2. The van der Waals surface area contributed by atoms with Crippen LogP contribution in [-0.4, -0.2) is 54.6 Å². The Kier molecular flexibility index (Phi) is 7.49. The van der Waals surface area contributed by atoms with E-state index in [-0.39, 0.29) is 17.9 Å². The lowest BCUT2D eigenvalue weighted by molar-refractivity contribution is -0.150. The highest BCUT2D eigenvalue weighted by Crippen LogP contribution is 2.49. The zero-order valence-electron chi connectivity index (χ0n) is 24.3. The molecule has 3 fully saturated rings. The maximum Gasteiger partial charge on any atom is 0.250 e. The molecule has 42 heavy (non-hydrogen) atoms. The van der Waals surface area contributed by atoms with Crippen LogP contribution in [0.1, 0.15) is 48.8 Å². The predicted molar refractivity (Wildman–Crippen MR) is 166 cm³/mol. The summed E-state index contributed by atoms with van der Waals surface area (Å²) in [7, 11) is 0. The molecule has 3 aliphatic carbocycles. The molecule has 2 saturated carbocycles. The van der Waals surface area contributed by atoms with Gasteiger partial charge in [0, 0.05) is 30.5 Å². The number of nitrogens with one attached hydrogen (secondary N) is 1. The molecule has 4 aliphatic rings. The standard InChI is InChI=1S/C36H41N3O3/c40-34(22-26-6-2-1-3-7-26)39(33-14-15-33)36(17-16-29-23-27-8-4-5-9-28(27)24-30(29)25-36)35(41)37-31-10-12-32(13-11-31)38-18-20-42-21-19-38/h1-13,29-30,33H,14-25H2,(H,37,41)/t29-,30+,36+/m0/s1. The molecule has 7 rings (SSSR count). The zero-order valence-corrected chi connectivity index (χ0v) is 24.3. The minimum absolute atomic E-state index is 0.0211. The second-order valence-corrected chi connectivity index (χ2v) is 12.7. The van der Waals surface area contributed by atoms with Gasteiger partial charge in [0.1, 0.15) is 5.54 Å². The van der Waals surface area contributed by atoms with Crippen molar-refractivity contribution in [1.82, 2.24) is 4.90 Å². The molecule has 1 N–H and O–H groups in total. The Morgan fingerprint density at radius 3 is 2.19 bits per heavy atom. The van der Waals surface area contributed by atoms with Gasteiger partial charge in [0.25, 0.3) is 0 Å². The minimum Gasteiger partial charge on any atom is -0.378 e. The van der Waals surface area contributed by atoms with Crippen molar-refractivity contribution in [3.8, 4) is 0 Å². The Bertz CT molecular complexity index is 1410. The largest absolute Gasteiger partial charge is 0.378 e. The summed E-state index contributed by atoms with van der Waals surface area (Å²) >= 11 is 0. The normalized spacial score (nSPS) is 25.2. The minimum atomic E-state index is -0.844. The highest BCUT2D eigenvalue weighted by Gasteiger charge is 2.55. The summed E-state index contributed by atoms with van der Waals surface area (Å²) in [5.41, 5.74) is 4.95. The van der Waals surface area contributed by atoms with Gasteiger partial charge in [-0.2, -0.15) is 0 Å². The molecule has 2 amide bonds. The molecule has 1 saturated heterocycles. The van der Waals surface area contributed by atoms with Crippen LogP contribution >= 0.6 is 0 Å². The van der Waals surface area contributed by atoms with E-state index in [0.717, 1.165) is 81.8 Å². The maximum atomic E-state index is 14.6. The Labute approximate surface area is 249 Å². The molecule has 3 atom stereocenters. The second-order valence-electron chi connectivity index (χ2n) is 12.7. The molecule has 0 radical (unpaired) electrons. The van der Waals surface area contributed by atoms with Gasteiger partial charge in [0.15, 0.2) is 0 Å². The van der Waals surface area contributed by atoms with E-state index in [4.69, 9.17) is 4.74 Å². The lowest BCUT2D eigenvalue weighted by atomic mass is 9.62. The summed E-state index contributed by atoms with van der Waals surface area (Å²) in [5.74, 6) is 0.996. The first kappa shape index (κ1) is 27.2. The van der Waals surface area contributed by atoms with Crippen LogP contribution in [0.3, 0.4) is 0 Å². The van der Waals surface area contributed by atoms with Gasteiger partial charge >= 0.3 is 0 Å². The van der Waals surface area contributed by atoms with Crippen LogP contribution in [0.2, 0.25) is 0 Å². The monoisotopic (exact) mass is 563 g/mol. The van der Waals surface area contributed by atoms with Gasteiger partial charge in [0.2, 0.25) is 11.8 Å². The molecule has 0 unspecified atom stereocenters. The third-order valence-electron chi connectivity index (χ3n) is 10.0. The van der Waals surface area contributed by atoms with Crippen molar-refractivity contribution >= 4 is 23.2 Å². The first-order valence-electron chi connectivity index (χ1n) is 15.8. The maximum absolute atomic E-state index is 14.6. The van der Waals surface area contributed by atoms with Crippen molar-refractivity contribution < 1.29 is 14.3 Å². The Hall–Kier alpha value is -3.64. The van der Waals surface area contributed by atoms with E-state index < -0.39 is 5.54 Å². The molecule has 218 valence electrons. The van der Waals surface area contributed by atoms with Crippen LogP contribution in [0.15, 0.2) is 78.9 Å². The average Bonchev–Trinajstić information content (AvgIpc) is 3.86. The number of hydrogen-bond acceptors (Lipinski definition) is 4. The first-order chi connectivity index (χ1) is 20.6. The number of hydrogen-bond donors (Lipinski definition) is 1. The second kappa shape index (κ2) is 11.6. The quantitative estimate of drug-likeness (QED) is 0.404. The van der Waals surface area contributed by atoms with Crippen molar-refractivity contribution in [1.29, 1.82) is 0 Å². The van der Waals surface area contributed by atoms with Crippen molar-refractivity contribution in [2.45, 2.75) is 62.9 Å². The van der Waals surface area contributed by atoms with Crippen LogP contribution in [-0.2, 0) is 33.6 Å². The van der Waals surface area contributed by atoms with Gasteiger partial charge < -0.3 is 19.9 Å². The topological polar surface area (TPSA) is 61.9 Å². The molecular weight excluding hydrogens is 522 g/mol. The highest BCUT2D eigenvalue weighted by molar-refractivity contribution is 6.01. The molecule has 3 aromatic rings. The number of ether oxygens (including phenoxy) is 1. The molecule has 3 aromatic carbocycles. The number of benzene rings is 3. The average molecular weight is 564 g/mol. The van der Waals surface area contributed by atoms with Crippen LogP contribution in [0.25, 0.3) is 0 Å². The number of amides is 2. The molecule has 0 spiro atoms. The van der Waals surface area contributed by atoms with Gasteiger partial charge in [0.05, 0.1) is 19.6 Å². The zero-order chi connectivity index (χ0) is 28.5. The van der Waals surface area contributed by atoms with Gasteiger partial charge in [-0.05, 0) is 97.7 Å². The van der Waals surface area contributed by atoms with Gasteiger partial charge in [-0.15, -0.1) is 0 Å². The molecule has 0 bridgehead atoms. The van der Waals surface area contributed by atoms with E-state index in [2.05, 4.69) is 46.6 Å². The predicted octanol–water partition coefficient (Wildman–Crippen LogP) is 5.65. The summed E-state index contributed by atoms with van der Waals surface area (Å²) in [6.45, 7) is 3.23. The summed E-state index contributed by atoms with van der Waals surface area (Å²) in [6.07, 6.45) is 6.73. The number of morpholine rings is 1. The molecule has 1 aliphatic heterocycles. The van der Waals surface area contributed by atoms with Gasteiger partial charge in [-0.25, -0.2) is 0 Å². The highest BCUT2D eigenvalue weighted by atomic mass is 16.5. The number of carbonyl (C=O) groups is 2. The molecule has 1 heterocycles. The van der Waals surface area contributed by atoms with Crippen molar-refractivity contribution in [2.75, 3.05) is 36.5 Å². The summed E-state index contributed by atoms with van der Waals surface area (Å²) in [5, 5.41) is 3.30. The van der Waals surface area contributed by atoms with E-state index >= 15 is 0 Å². The van der Waals surface area contributed by atoms with E-state index in [0.29, 0.717) is 24.7 Å². The van der Waals surface area contributed by atoms with E-state index in [1.165, 1.54) is 11.1 Å². The Morgan fingerprint density at radius 1 is 0.833 bits per heavy atom. The van der Waals surface area contributed by atoms with E-state index in [9.17, 15) is 9.59 Å². The third-order valence-corrected chi connectivity index (χ3v) is 10.0. The van der Waals surface area contributed by atoms with Gasteiger partial charge in [-0.3, -0.25) is 9.59 Å². The fraction of sp³-hybridized carbons (Fsp3) is 0.444. The van der Waals surface area contributed by atoms with Crippen molar-refractivity contribution in [3.05, 3.63) is 95.6 Å². The SMILES string of the molecule is O=C(Cc1ccccc1)N(C1CC1)[C@]1(C(=O)Nc2ccc(N3CCOCC3)cc2)CC[C@H]2Cc3ccccc3C[C@@H]2C1.